The number of aliphatic hydroxyl groups excluding tert-OH is 1. The van der Waals surface area contributed by atoms with Gasteiger partial charge >= 0.3 is 0 Å². The number of rotatable bonds is 2. The highest BCUT2D eigenvalue weighted by molar-refractivity contribution is 5.99. The third kappa shape index (κ3) is 1.24. The monoisotopic (exact) mass is 193 g/mol. The van der Waals surface area contributed by atoms with Gasteiger partial charge in [-0.3, -0.25) is 4.79 Å². The summed E-state index contributed by atoms with van der Waals surface area (Å²) in [6, 6.07) is 3.44. The Hall–Kier alpha value is -1.55. The molecule has 0 aromatic heterocycles. The number of aliphatic hydroxyl groups is 1. The molecule has 0 atom stereocenters. The molecule has 0 saturated carbocycles. The molecule has 1 aromatic rings. The van der Waals surface area contributed by atoms with E-state index in [1.165, 1.54) is 7.11 Å². The molecule has 0 radical (unpaired) electrons. The van der Waals surface area contributed by atoms with Crippen molar-refractivity contribution in [1.82, 2.24) is 5.32 Å². The number of carbonyl (C=O) groups is 1. The summed E-state index contributed by atoms with van der Waals surface area (Å²) in [6.07, 6.45) is 0. The van der Waals surface area contributed by atoms with Gasteiger partial charge in [0, 0.05) is 12.1 Å². The zero-order chi connectivity index (χ0) is 10.1. The van der Waals surface area contributed by atoms with Crippen LogP contribution in [0.25, 0.3) is 0 Å². The Morgan fingerprint density at radius 1 is 1.57 bits per heavy atom. The van der Waals surface area contributed by atoms with Crippen molar-refractivity contribution >= 4 is 5.91 Å². The van der Waals surface area contributed by atoms with Gasteiger partial charge in [-0.05, 0) is 23.3 Å². The minimum atomic E-state index is -0.103. The summed E-state index contributed by atoms with van der Waals surface area (Å²) in [5.41, 5.74) is 2.23. The SMILES string of the molecule is COc1cc(CO)c2c(c1)C(=O)NC2. The first-order chi connectivity index (χ1) is 6.76. The van der Waals surface area contributed by atoms with Gasteiger partial charge in [-0.2, -0.15) is 0 Å². The van der Waals surface area contributed by atoms with Crippen molar-refractivity contribution < 1.29 is 14.6 Å². The lowest BCUT2D eigenvalue weighted by molar-refractivity contribution is 0.0965. The molecule has 1 aliphatic rings. The van der Waals surface area contributed by atoms with E-state index >= 15 is 0 Å². The van der Waals surface area contributed by atoms with Crippen LogP contribution in [0, 0.1) is 0 Å². The fraction of sp³-hybridized carbons (Fsp3) is 0.300. The van der Waals surface area contributed by atoms with Crippen LogP contribution in [0.15, 0.2) is 12.1 Å². The second kappa shape index (κ2) is 3.31. The van der Waals surface area contributed by atoms with Crippen LogP contribution < -0.4 is 10.1 Å². The Balaban J connectivity index is 2.58. The zero-order valence-electron chi connectivity index (χ0n) is 7.83. The average Bonchev–Trinajstić information content (AvgIpc) is 2.59. The van der Waals surface area contributed by atoms with Gasteiger partial charge in [0.05, 0.1) is 13.7 Å². The van der Waals surface area contributed by atoms with Crippen LogP contribution in [0.1, 0.15) is 21.5 Å². The lowest BCUT2D eigenvalue weighted by Crippen LogP contribution is -2.12. The van der Waals surface area contributed by atoms with Gasteiger partial charge in [0.15, 0.2) is 0 Å². The number of methoxy groups -OCH3 is 1. The molecule has 1 amide bonds. The molecule has 4 nitrogen and oxygen atoms in total. The number of fused-ring (bicyclic) bond motifs is 1. The van der Waals surface area contributed by atoms with E-state index in [4.69, 9.17) is 9.84 Å². The molecule has 1 heterocycles. The molecule has 14 heavy (non-hydrogen) atoms. The van der Waals surface area contributed by atoms with Gasteiger partial charge in [0.2, 0.25) is 0 Å². The predicted octanol–water partition coefficient (Wildman–Crippen LogP) is 0.431. The van der Waals surface area contributed by atoms with Crippen LogP contribution in [-0.2, 0) is 13.2 Å². The zero-order valence-corrected chi connectivity index (χ0v) is 7.83. The smallest absolute Gasteiger partial charge is 0.252 e. The molecule has 0 saturated heterocycles. The summed E-state index contributed by atoms with van der Waals surface area (Å²) in [5, 5.41) is 11.8. The maximum Gasteiger partial charge on any atom is 0.252 e. The van der Waals surface area contributed by atoms with E-state index < -0.39 is 0 Å². The summed E-state index contributed by atoms with van der Waals surface area (Å²) >= 11 is 0. The molecule has 4 heteroatoms. The standard InChI is InChI=1S/C10H11NO3/c1-14-7-2-6(5-12)9-4-11-10(13)8(9)3-7/h2-3,12H,4-5H2,1H3,(H,11,13). The van der Waals surface area contributed by atoms with Crippen molar-refractivity contribution in [2.24, 2.45) is 0 Å². The second-order valence-electron chi connectivity index (χ2n) is 3.15. The highest BCUT2D eigenvalue weighted by atomic mass is 16.5. The minimum Gasteiger partial charge on any atom is -0.497 e. The molecule has 0 unspecified atom stereocenters. The highest BCUT2D eigenvalue weighted by Gasteiger charge is 2.22. The van der Waals surface area contributed by atoms with Crippen LogP contribution in [0.3, 0.4) is 0 Å². The molecule has 74 valence electrons. The summed E-state index contributed by atoms with van der Waals surface area (Å²) in [4.78, 5) is 11.4. The number of carbonyl (C=O) groups excluding carboxylic acids is 1. The minimum absolute atomic E-state index is 0.0749. The molecule has 1 aliphatic heterocycles. The molecule has 2 N–H and O–H groups in total. The van der Waals surface area contributed by atoms with E-state index in [-0.39, 0.29) is 12.5 Å². The molecular formula is C10H11NO3. The predicted molar refractivity (Wildman–Crippen MR) is 50.1 cm³/mol. The summed E-state index contributed by atoms with van der Waals surface area (Å²) in [5.74, 6) is 0.499. The van der Waals surface area contributed by atoms with Crippen molar-refractivity contribution in [3.05, 3.63) is 28.8 Å². The van der Waals surface area contributed by atoms with Crippen LogP contribution >= 0.6 is 0 Å². The third-order valence-electron chi connectivity index (χ3n) is 2.39. The first-order valence-corrected chi connectivity index (χ1v) is 4.35. The maximum atomic E-state index is 11.4. The second-order valence-corrected chi connectivity index (χ2v) is 3.15. The van der Waals surface area contributed by atoms with Crippen molar-refractivity contribution in [3.8, 4) is 5.75 Å². The van der Waals surface area contributed by atoms with Crippen molar-refractivity contribution in [2.45, 2.75) is 13.2 Å². The van der Waals surface area contributed by atoms with E-state index in [2.05, 4.69) is 5.32 Å². The van der Waals surface area contributed by atoms with Crippen molar-refractivity contribution in [3.63, 3.8) is 0 Å². The van der Waals surface area contributed by atoms with E-state index in [1.54, 1.807) is 12.1 Å². The van der Waals surface area contributed by atoms with Crippen molar-refractivity contribution in [2.75, 3.05) is 7.11 Å². The molecule has 0 spiro atoms. The fourth-order valence-electron chi connectivity index (χ4n) is 1.64. The van der Waals surface area contributed by atoms with E-state index in [0.29, 0.717) is 17.9 Å². The number of hydrogen-bond donors (Lipinski definition) is 2. The Morgan fingerprint density at radius 3 is 3.00 bits per heavy atom. The lowest BCUT2D eigenvalue weighted by atomic mass is 10.0. The van der Waals surface area contributed by atoms with Crippen molar-refractivity contribution in [1.29, 1.82) is 0 Å². The quantitative estimate of drug-likeness (QED) is 0.716. The van der Waals surface area contributed by atoms with Crippen LogP contribution in [0.2, 0.25) is 0 Å². The fourth-order valence-corrected chi connectivity index (χ4v) is 1.64. The van der Waals surface area contributed by atoms with Gasteiger partial charge in [-0.15, -0.1) is 0 Å². The maximum absolute atomic E-state index is 11.4. The molecular weight excluding hydrogens is 182 g/mol. The number of nitrogens with one attached hydrogen (secondary N) is 1. The Morgan fingerprint density at radius 2 is 2.36 bits per heavy atom. The van der Waals surface area contributed by atoms with Gasteiger partial charge in [-0.25, -0.2) is 0 Å². The van der Waals surface area contributed by atoms with E-state index in [1.807, 2.05) is 0 Å². The third-order valence-corrected chi connectivity index (χ3v) is 2.39. The average molecular weight is 193 g/mol. The molecule has 0 aliphatic carbocycles. The molecule has 1 aromatic carbocycles. The highest BCUT2D eigenvalue weighted by Crippen LogP contribution is 2.26. The summed E-state index contributed by atoms with van der Waals surface area (Å²) in [6.45, 7) is 0.419. The van der Waals surface area contributed by atoms with Gasteiger partial charge in [-0.1, -0.05) is 0 Å². The van der Waals surface area contributed by atoms with Gasteiger partial charge in [0.25, 0.3) is 5.91 Å². The summed E-state index contributed by atoms with van der Waals surface area (Å²) in [7, 11) is 1.54. The molecule has 2 rings (SSSR count). The summed E-state index contributed by atoms with van der Waals surface area (Å²) < 4.78 is 5.04. The molecule has 0 fully saturated rings. The number of benzene rings is 1. The Bertz CT molecular complexity index is 387. The van der Waals surface area contributed by atoms with Crippen LogP contribution in [0.4, 0.5) is 0 Å². The van der Waals surface area contributed by atoms with Gasteiger partial charge in [0.1, 0.15) is 5.75 Å². The van der Waals surface area contributed by atoms with Gasteiger partial charge < -0.3 is 15.2 Å². The Kier molecular flexibility index (Phi) is 2.13. The van der Waals surface area contributed by atoms with Crippen LogP contribution in [0.5, 0.6) is 5.75 Å². The lowest BCUT2D eigenvalue weighted by Gasteiger charge is -2.06. The van der Waals surface area contributed by atoms with E-state index in [9.17, 15) is 4.79 Å². The number of ether oxygens (including phenoxy) is 1. The topological polar surface area (TPSA) is 58.6 Å². The van der Waals surface area contributed by atoms with Crippen LogP contribution in [-0.4, -0.2) is 18.1 Å². The Labute approximate surface area is 81.5 Å². The normalized spacial score (nSPS) is 13.7. The number of amides is 1. The largest absolute Gasteiger partial charge is 0.497 e. The molecule has 0 bridgehead atoms. The van der Waals surface area contributed by atoms with E-state index in [0.717, 1.165) is 11.1 Å². The first kappa shape index (κ1) is 9.02. The number of hydrogen-bond acceptors (Lipinski definition) is 3. The first-order valence-electron chi connectivity index (χ1n) is 4.35.